The van der Waals surface area contributed by atoms with E-state index in [0.29, 0.717) is 0 Å². The Morgan fingerprint density at radius 1 is 0.906 bits per heavy atom. The zero-order valence-corrected chi connectivity index (χ0v) is 17.8. The molecule has 3 heterocycles. The molecule has 32 heavy (non-hydrogen) atoms. The Kier molecular flexibility index (Phi) is 4.93. The third kappa shape index (κ3) is 3.18. The highest BCUT2D eigenvalue weighted by molar-refractivity contribution is 6.23. The highest BCUT2D eigenvalue weighted by atomic mass is 16.7. The van der Waals surface area contributed by atoms with Crippen LogP contribution in [-0.2, 0) is 38.2 Å². The fourth-order valence-corrected chi connectivity index (χ4v) is 4.65. The van der Waals surface area contributed by atoms with Crippen LogP contribution < -0.4 is 9.64 Å². The van der Waals surface area contributed by atoms with Gasteiger partial charge in [0, 0.05) is 20.8 Å². The predicted octanol–water partition coefficient (Wildman–Crippen LogP) is 1.27. The minimum atomic E-state index is -1.64. The van der Waals surface area contributed by atoms with Crippen LogP contribution in [0.3, 0.4) is 0 Å². The summed E-state index contributed by atoms with van der Waals surface area (Å²) in [6.45, 7) is 5.17. The van der Waals surface area contributed by atoms with Crippen LogP contribution in [0.15, 0.2) is 36.4 Å². The Bertz CT molecular complexity index is 1050. The van der Waals surface area contributed by atoms with Gasteiger partial charge in [-0.2, -0.15) is 0 Å². The van der Waals surface area contributed by atoms with Crippen molar-refractivity contribution in [3.8, 4) is 5.75 Å². The topological polar surface area (TPSA) is 126 Å². The minimum absolute atomic E-state index is 0.263. The van der Waals surface area contributed by atoms with E-state index in [4.69, 9.17) is 18.9 Å². The lowest BCUT2D eigenvalue weighted by atomic mass is 9.72. The molecule has 168 valence electrons. The summed E-state index contributed by atoms with van der Waals surface area (Å²) in [4.78, 5) is 62.4. The lowest BCUT2D eigenvalue weighted by molar-refractivity contribution is -0.231. The fourth-order valence-electron chi connectivity index (χ4n) is 4.65. The fraction of sp³-hybridized carbons (Fsp3) is 0.409. The molecule has 3 aliphatic rings. The molecule has 2 bridgehead atoms. The average molecular weight is 443 g/mol. The molecular weight excluding hydrogens is 422 g/mol. The van der Waals surface area contributed by atoms with Crippen molar-refractivity contribution in [1.29, 1.82) is 0 Å². The molecule has 0 aliphatic carbocycles. The van der Waals surface area contributed by atoms with Gasteiger partial charge in [-0.15, -0.1) is 0 Å². The summed E-state index contributed by atoms with van der Waals surface area (Å²) in [6.07, 6.45) is 1.59. The summed E-state index contributed by atoms with van der Waals surface area (Å²) >= 11 is 0. The van der Waals surface area contributed by atoms with E-state index >= 15 is 0 Å². The van der Waals surface area contributed by atoms with Crippen LogP contribution in [0.25, 0.3) is 0 Å². The Balaban J connectivity index is 1.72. The molecule has 3 aliphatic heterocycles. The number of hydrogen-bond donors (Lipinski definition) is 0. The second-order valence-electron chi connectivity index (χ2n) is 8.08. The van der Waals surface area contributed by atoms with E-state index in [1.807, 2.05) is 0 Å². The summed E-state index contributed by atoms with van der Waals surface area (Å²) in [5, 5.41) is 0. The molecule has 2 amide bonds. The van der Waals surface area contributed by atoms with Gasteiger partial charge in [-0.3, -0.25) is 24.0 Å². The van der Waals surface area contributed by atoms with Crippen LogP contribution in [-0.4, -0.2) is 47.2 Å². The first-order valence-corrected chi connectivity index (χ1v) is 9.90. The van der Waals surface area contributed by atoms with Gasteiger partial charge in [0.25, 0.3) is 6.29 Å². The third-order valence-corrected chi connectivity index (χ3v) is 5.75. The van der Waals surface area contributed by atoms with E-state index in [-0.39, 0.29) is 11.4 Å². The van der Waals surface area contributed by atoms with Crippen LogP contribution >= 0.6 is 0 Å². The van der Waals surface area contributed by atoms with Crippen molar-refractivity contribution in [3.05, 3.63) is 36.4 Å². The summed E-state index contributed by atoms with van der Waals surface area (Å²) in [7, 11) is 0. The number of imide groups is 1. The van der Waals surface area contributed by atoms with Crippen molar-refractivity contribution >= 4 is 35.4 Å². The monoisotopic (exact) mass is 443 g/mol. The van der Waals surface area contributed by atoms with Gasteiger partial charge in [0.2, 0.25) is 11.8 Å². The zero-order valence-electron chi connectivity index (χ0n) is 17.8. The first-order chi connectivity index (χ1) is 15.0. The highest BCUT2D eigenvalue weighted by Crippen LogP contribution is 2.59. The molecule has 0 radical (unpaired) electrons. The Morgan fingerprint density at radius 2 is 1.47 bits per heavy atom. The van der Waals surface area contributed by atoms with Gasteiger partial charge >= 0.3 is 17.9 Å². The number of esters is 3. The van der Waals surface area contributed by atoms with Gasteiger partial charge in [-0.25, -0.2) is 4.90 Å². The molecule has 0 saturated carbocycles. The smallest absolute Gasteiger partial charge is 0.308 e. The van der Waals surface area contributed by atoms with Crippen molar-refractivity contribution in [3.63, 3.8) is 0 Å². The van der Waals surface area contributed by atoms with Crippen LogP contribution in [0.2, 0.25) is 0 Å². The first-order valence-electron chi connectivity index (χ1n) is 9.90. The second kappa shape index (κ2) is 7.27. The van der Waals surface area contributed by atoms with E-state index in [1.54, 1.807) is 13.0 Å². The average Bonchev–Trinajstić information content (AvgIpc) is 3.27. The van der Waals surface area contributed by atoms with E-state index in [9.17, 15) is 24.0 Å². The summed E-state index contributed by atoms with van der Waals surface area (Å²) in [6, 6.07) is 5.89. The summed E-state index contributed by atoms with van der Waals surface area (Å²) in [5.74, 6) is -4.81. The van der Waals surface area contributed by atoms with Gasteiger partial charge < -0.3 is 18.9 Å². The molecule has 4 rings (SSSR count). The molecular formula is C22H21NO9. The largest absolute Gasteiger partial charge is 0.427 e. The Morgan fingerprint density at radius 3 is 2.00 bits per heavy atom. The number of anilines is 1. The number of hydrogen-bond acceptors (Lipinski definition) is 9. The normalized spacial score (nSPS) is 30.0. The molecule has 0 spiro atoms. The number of benzene rings is 1. The van der Waals surface area contributed by atoms with Crippen molar-refractivity contribution in [2.45, 2.75) is 45.2 Å². The van der Waals surface area contributed by atoms with Gasteiger partial charge in [0.1, 0.15) is 5.75 Å². The number of carbonyl (C=O) groups excluding carboxylic acids is 5. The highest BCUT2D eigenvalue weighted by Gasteiger charge is 2.75. The first kappa shape index (κ1) is 21.7. The maximum atomic E-state index is 13.5. The number of nitrogens with zero attached hydrogens (tertiary/aromatic N) is 1. The Labute approximate surface area is 183 Å². The number of carbonyl (C=O) groups is 5. The molecule has 1 aromatic carbocycles. The number of amides is 2. The summed E-state index contributed by atoms with van der Waals surface area (Å²) in [5.41, 5.74) is -2.53. The molecule has 0 aromatic heterocycles. The lowest BCUT2D eigenvalue weighted by Gasteiger charge is -2.34. The molecule has 0 unspecified atom stereocenters. The molecule has 10 nitrogen and oxygen atoms in total. The zero-order chi connectivity index (χ0) is 23.4. The lowest BCUT2D eigenvalue weighted by Crippen LogP contribution is -2.52. The standard InChI is InChI=1S/C22H21NO9/c1-11(24)29-15-7-5-14(6-8-15)23-18(27)16-17(19(23)28)22(10-9-21(16,4)32-22)20(30-12(2)25)31-13(3)26/h5-10,16-17,20H,1-4H3/t16-,17+,21-,22-/m1/s1. The maximum absolute atomic E-state index is 13.5. The molecule has 1 aromatic rings. The van der Waals surface area contributed by atoms with Crippen LogP contribution in [0.5, 0.6) is 5.75 Å². The van der Waals surface area contributed by atoms with Crippen LogP contribution in [0, 0.1) is 11.8 Å². The van der Waals surface area contributed by atoms with Crippen LogP contribution in [0.4, 0.5) is 5.69 Å². The van der Waals surface area contributed by atoms with E-state index in [1.165, 1.54) is 37.3 Å². The van der Waals surface area contributed by atoms with Crippen molar-refractivity contribution in [2.75, 3.05) is 4.90 Å². The maximum Gasteiger partial charge on any atom is 0.308 e. The quantitative estimate of drug-likeness (QED) is 0.217. The minimum Gasteiger partial charge on any atom is -0.427 e. The van der Waals surface area contributed by atoms with Crippen molar-refractivity contribution in [1.82, 2.24) is 0 Å². The van der Waals surface area contributed by atoms with E-state index < -0.39 is 59.1 Å². The molecule has 0 N–H and O–H groups in total. The third-order valence-electron chi connectivity index (χ3n) is 5.75. The van der Waals surface area contributed by atoms with Gasteiger partial charge in [-0.1, -0.05) is 6.08 Å². The molecule has 10 heteroatoms. The van der Waals surface area contributed by atoms with Gasteiger partial charge in [-0.05, 0) is 37.3 Å². The number of fused-ring (bicyclic) bond motifs is 5. The SMILES string of the molecule is CC(=O)Oc1ccc(N2C(=O)[C@@H]3[C@H](C2=O)[C@@]2(C)C=C[C@@]3(C(OC(C)=O)OC(C)=O)O2)cc1. The van der Waals surface area contributed by atoms with Gasteiger partial charge in [0.15, 0.2) is 5.60 Å². The molecule has 2 fully saturated rings. The molecule has 4 atom stereocenters. The van der Waals surface area contributed by atoms with Crippen LogP contribution in [0.1, 0.15) is 27.7 Å². The van der Waals surface area contributed by atoms with Crippen molar-refractivity contribution in [2.24, 2.45) is 11.8 Å². The number of rotatable bonds is 5. The predicted molar refractivity (Wildman–Crippen MR) is 106 cm³/mol. The summed E-state index contributed by atoms with van der Waals surface area (Å²) < 4.78 is 21.5. The van der Waals surface area contributed by atoms with Gasteiger partial charge in [0.05, 0.1) is 23.1 Å². The van der Waals surface area contributed by atoms with E-state index in [0.717, 1.165) is 18.7 Å². The second-order valence-corrected chi connectivity index (χ2v) is 8.08. The molecule has 2 saturated heterocycles. The van der Waals surface area contributed by atoms with E-state index in [2.05, 4.69) is 0 Å². The number of ether oxygens (including phenoxy) is 4. The Hall–Kier alpha value is -3.53. The van der Waals surface area contributed by atoms with Crippen molar-refractivity contribution < 1.29 is 42.9 Å².